The van der Waals surface area contributed by atoms with E-state index < -0.39 is 11.9 Å². The predicted molar refractivity (Wildman–Crippen MR) is 154 cm³/mol. The molecule has 1 aliphatic rings. The number of hydrogen-bond acceptors (Lipinski definition) is 8. The van der Waals surface area contributed by atoms with Gasteiger partial charge in [0.25, 0.3) is 0 Å². The van der Waals surface area contributed by atoms with Crippen molar-refractivity contribution in [3.05, 3.63) is 40.6 Å². The molecule has 0 spiro atoms. The molecule has 0 saturated heterocycles. The summed E-state index contributed by atoms with van der Waals surface area (Å²) in [7, 11) is 3.42. The van der Waals surface area contributed by atoms with E-state index in [0.717, 1.165) is 17.8 Å². The maximum absolute atomic E-state index is 15.5. The zero-order valence-corrected chi connectivity index (χ0v) is 24.4. The molecule has 0 fully saturated rings. The summed E-state index contributed by atoms with van der Waals surface area (Å²) >= 11 is 0. The number of rotatable bonds is 7. The number of halogens is 1. The minimum Gasteiger partial charge on any atom is -0.476 e. The average Bonchev–Trinajstić information content (AvgIpc) is 3.56. The van der Waals surface area contributed by atoms with Crippen molar-refractivity contribution in [3.8, 4) is 22.9 Å². The number of fused-ring (bicyclic) bond motifs is 4. The number of likely N-dealkylation sites (N-methyl/N-ethyl adjacent to an activating group) is 1. The lowest BCUT2D eigenvalue weighted by molar-refractivity contribution is 0.131. The third kappa shape index (κ3) is 5.72. The van der Waals surface area contributed by atoms with Gasteiger partial charge in [0.2, 0.25) is 11.8 Å². The highest BCUT2D eigenvalue weighted by atomic mass is 19.1. The van der Waals surface area contributed by atoms with E-state index in [-0.39, 0.29) is 18.2 Å². The van der Waals surface area contributed by atoms with E-state index in [1.54, 1.807) is 23.4 Å². The van der Waals surface area contributed by atoms with Gasteiger partial charge >= 0.3 is 0 Å². The first-order chi connectivity index (χ1) is 19.7. The summed E-state index contributed by atoms with van der Waals surface area (Å²) in [4.78, 5) is 2.26. The van der Waals surface area contributed by atoms with Crippen molar-refractivity contribution in [3.63, 3.8) is 0 Å². The molecule has 1 aromatic carbocycles. The Labute approximate surface area is 238 Å². The maximum Gasteiger partial charge on any atom is 0.240 e. The molecule has 41 heavy (non-hydrogen) atoms. The molecule has 1 aliphatic heterocycles. The van der Waals surface area contributed by atoms with Gasteiger partial charge in [-0.2, -0.15) is 10.2 Å². The summed E-state index contributed by atoms with van der Waals surface area (Å²) < 4.78 is 36.9. The molecule has 3 aromatic heterocycles. The fourth-order valence-corrected chi connectivity index (χ4v) is 5.33. The predicted octanol–water partition coefficient (Wildman–Crippen LogP) is 4.00. The number of nitrogens with zero attached hydrogens (tertiary/aromatic N) is 6. The van der Waals surface area contributed by atoms with Gasteiger partial charge in [-0.25, -0.2) is 9.07 Å². The Morgan fingerprint density at radius 1 is 1.24 bits per heavy atom. The molecule has 220 valence electrons. The zero-order chi connectivity index (χ0) is 29.3. The molecule has 4 heterocycles. The largest absolute Gasteiger partial charge is 0.476 e. The van der Waals surface area contributed by atoms with Crippen LogP contribution < -0.4 is 9.47 Å². The number of aliphatic hydroxyl groups excluding tert-OH is 1. The van der Waals surface area contributed by atoms with Crippen molar-refractivity contribution >= 4 is 23.1 Å². The number of aliphatic hydroxyl groups is 1. The molecule has 0 radical (unpaired) electrons. The lowest BCUT2D eigenvalue weighted by Gasteiger charge is -2.26. The van der Waals surface area contributed by atoms with Crippen LogP contribution in [0.2, 0.25) is 0 Å². The van der Waals surface area contributed by atoms with Gasteiger partial charge in [0.1, 0.15) is 11.6 Å². The summed E-state index contributed by atoms with van der Waals surface area (Å²) in [6.45, 7) is 10.6. The fourth-order valence-electron chi connectivity index (χ4n) is 5.33. The molecule has 0 unspecified atom stereocenters. The maximum atomic E-state index is 15.5. The fraction of sp³-hybridized carbons (Fsp3) is 0.483. The monoisotopic (exact) mass is 567 g/mol. The van der Waals surface area contributed by atoms with Crippen LogP contribution in [0, 0.1) is 5.82 Å². The quantitative estimate of drug-likeness (QED) is 0.345. The molecule has 4 aromatic rings. The second-order valence-corrected chi connectivity index (χ2v) is 10.4. The number of hydrogen-bond donors (Lipinski definition) is 2. The van der Waals surface area contributed by atoms with Crippen LogP contribution in [0.3, 0.4) is 0 Å². The van der Waals surface area contributed by atoms with Crippen molar-refractivity contribution in [1.29, 1.82) is 0 Å². The van der Waals surface area contributed by atoms with Gasteiger partial charge in [0.05, 0.1) is 54.1 Å². The molecular formula is C29H38FN7O4. The van der Waals surface area contributed by atoms with Crippen LogP contribution in [0.15, 0.2) is 12.1 Å². The number of ether oxygens (including phenoxy) is 3. The summed E-state index contributed by atoms with van der Waals surface area (Å²) in [5.41, 5.74) is 4.52. The first kappa shape index (κ1) is 28.8. The highest BCUT2D eigenvalue weighted by Crippen LogP contribution is 2.38. The van der Waals surface area contributed by atoms with Crippen LogP contribution in [0.1, 0.15) is 50.3 Å². The van der Waals surface area contributed by atoms with Gasteiger partial charge in [0.15, 0.2) is 5.82 Å². The van der Waals surface area contributed by atoms with Crippen LogP contribution in [-0.4, -0.2) is 78.8 Å². The van der Waals surface area contributed by atoms with Crippen LogP contribution in [0.5, 0.6) is 11.8 Å². The lowest BCUT2D eigenvalue weighted by Crippen LogP contribution is -2.35. The molecule has 0 amide bonds. The van der Waals surface area contributed by atoms with E-state index in [9.17, 15) is 5.11 Å². The molecule has 0 aliphatic carbocycles. The number of aromatic amines is 1. The smallest absolute Gasteiger partial charge is 0.240 e. The summed E-state index contributed by atoms with van der Waals surface area (Å²) in [6.07, 6.45) is 2.95. The summed E-state index contributed by atoms with van der Waals surface area (Å²) in [5, 5.41) is 27.5. The van der Waals surface area contributed by atoms with E-state index in [2.05, 4.69) is 27.1 Å². The third-order valence-corrected chi connectivity index (χ3v) is 7.13. The second-order valence-electron chi connectivity index (χ2n) is 10.4. The van der Waals surface area contributed by atoms with Crippen molar-refractivity contribution in [2.45, 2.75) is 59.6 Å². The van der Waals surface area contributed by atoms with Gasteiger partial charge in [-0.1, -0.05) is 6.92 Å². The van der Waals surface area contributed by atoms with Gasteiger partial charge in [-0.05, 0) is 57.2 Å². The Morgan fingerprint density at radius 2 is 2.05 bits per heavy atom. The number of nitrogens with one attached hydrogen (secondary N) is 1. The van der Waals surface area contributed by atoms with Gasteiger partial charge in [-0.15, -0.1) is 5.10 Å². The third-order valence-electron chi connectivity index (χ3n) is 7.13. The number of aromatic nitrogens is 6. The molecular weight excluding hydrogens is 529 g/mol. The lowest BCUT2D eigenvalue weighted by atomic mass is 10.0. The van der Waals surface area contributed by atoms with Crippen LogP contribution in [0.4, 0.5) is 4.39 Å². The normalized spacial score (nSPS) is 17.5. The van der Waals surface area contributed by atoms with Crippen molar-refractivity contribution < 1.29 is 23.7 Å². The van der Waals surface area contributed by atoms with Crippen LogP contribution >= 0.6 is 0 Å². The van der Waals surface area contributed by atoms with Gasteiger partial charge < -0.3 is 19.3 Å². The highest BCUT2D eigenvalue weighted by molar-refractivity contribution is 5.94. The van der Waals surface area contributed by atoms with Crippen molar-refractivity contribution in [2.24, 2.45) is 7.05 Å². The molecule has 0 saturated carbocycles. The number of methoxy groups -OCH3 is 1. The Bertz CT molecular complexity index is 1550. The van der Waals surface area contributed by atoms with Crippen molar-refractivity contribution in [2.75, 3.05) is 26.8 Å². The highest BCUT2D eigenvalue weighted by Gasteiger charge is 2.26. The SMILES string of the molecule is CCOc1nn(C[C@H](C)O)c2c1/C=C/c1[nH]nc3c(F)cc(cc13)-c1c(COC)nn(C)c1O[C@@H](C)CN(CC)C2. The molecule has 2 N–H and O–H groups in total. The van der Waals surface area contributed by atoms with E-state index in [1.165, 1.54) is 6.07 Å². The Morgan fingerprint density at radius 3 is 2.76 bits per heavy atom. The van der Waals surface area contributed by atoms with Crippen LogP contribution in [0.25, 0.3) is 34.2 Å². The molecule has 5 rings (SSSR count). The summed E-state index contributed by atoms with van der Waals surface area (Å²) in [6, 6.07) is 3.36. The number of aryl methyl sites for hydroxylation is 1. The first-order valence-corrected chi connectivity index (χ1v) is 13.9. The zero-order valence-electron chi connectivity index (χ0n) is 24.4. The molecule has 2 bridgehead atoms. The minimum absolute atomic E-state index is 0.234. The topological polar surface area (TPSA) is 115 Å². The number of benzene rings is 1. The first-order valence-electron chi connectivity index (χ1n) is 13.9. The Hall–Kier alpha value is -3.74. The number of H-pyrrole nitrogens is 1. The average molecular weight is 568 g/mol. The van der Waals surface area contributed by atoms with Crippen molar-refractivity contribution in [1.82, 2.24) is 34.7 Å². The molecule has 2 atom stereocenters. The Balaban J connectivity index is 1.75. The summed E-state index contributed by atoms with van der Waals surface area (Å²) in [5.74, 6) is 0.553. The van der Waals surface area contributed by atoms with E-state index in [1.807, 2.05) is 39.1 Å². The van der Waals surface area contributed by atoms with Gasteiger partial charge in [0, 0.05) is 32.6 Å². The molecule has 12 heteroatoms. The van der Waals surface area contributed by atoms with E-state index in [0.29, 0.717) is 65.9 Å². The van der Waals surface area contributed by atoms with E-state index >= 15 is 4.39 Å². The standard InChI is InChI=1S/C29H38FN7O4/c1-7-36-14-18(4)41-29-26(24(16-39-6)33-35(29)5)19-11-21-23(31-32-27(21)22(30)12-19)10-9-20-25(15-36)37(13-17(3)38)34-28(20)40-8-2/h9-12,17-18,38H,7-8,13-16H2,1-6H3,(H,31,32)/b10-9+/t17-,18-/m0/s1. The molecule has 11 nitrogen and oxygen atoms in total. The van der Waals surface area contributed by atoms with Crippen LogP contribution in [-0.2, 0) is 31.5 Å². The van der Waals surface area contributed by atoms with E-state index in [4.69, 9.17) is 19.3 Å². The Kier molecular flexibility index (Phi) is 8.43. The van der Waals surface area contributed by atoms with Gasteiger partial charge in [-0.3, -0.25) is 14.7 Å². The minimum atomic E-state index is -0.603. The second kappa shape index (κ2) is 12.0.